The molecule has 0 unspecified atom stereocenters. The lowest BCUT2D eigenvalue weighted by molar-refractivity contribution is 0.0689. The van der Waals surface area contributed by atoms with E-state index in [1.807, 2.05) is 0 Å². The summed E-state index contributed by atoms with van der Waals surface area (Å²) in [6, 6.07) is 2.91. The van der Waals surface area contributed by atoms with E-state index in [9.17, 15) is 9.18 Å². The monoisotopic (exact) mass is 274 g/mol. The molecule has 1 aromatic rings. The molecule has 15 heavy (non-hydrogen) atoms. The predicted octanol–water partition coefficient (Wildman–Crippen LogP) is 2.83. The van der Waals surface area contributed by atoms with Crippen molar-refractivity contribution in [2.75, 3.05) is 0 Å². The van der Waals surface area contributed by atoms with Crippen molar-refractivity contribution in [3.63, 3.8) is 0 Å². The van der Waals surface area contributed by atoms with Crippen LogP contribution < -0.4 is 4.74 Å². The molecule has 1 saturated carbocycles. The molecule has 0 heterocycles. The molecule has 0 bridgehead atoms. The molecule has 1 N–H and O–H groups in total. The van der Waals surface area contributed by atoms with Gasteiger partial charge in [-0.1, -0.05) is 0 Å². The number of halogens is 2. The van der Waals surface area contributed by atoms with Crippen LogP contribution in [0.1, 0.15) is 23.2 Å². The number of carboxylic acid groups (broad SMARTS) is 1. The van der Waals surface area contributed by atoms with Crippen LogP contribution in [0.25, 0.3) is 0 Å². The van der Waals surface area contributed by atoms with Crippen LogP contribution in [0.15, 0.2) is 16.6 Å². The number of aromatic carboxylic acids is 1. The Labute approximate surface area is 94.0 Å². The summed E-state index contributed by atoms with van der Waals surface area (Å²) in [5, 5.41) is 8.80. The largest absolute Gasteiger partial charge is 0.487 e. The van der Waals surface area contributed by atoms with E-state index >= 15 is 0 Å². The van der Waals surface area contributed by atoms with Crippen molar-refractivity contribution in [1.29, 1.82) is 0 Å². The number of hydrogen-bond acceptors (Lipinski definition) is 2. The fraction of sp³-hybridized carbons (Fsp3) is 0.300. The highest BCUT2D eigenvalue weighted by atomic mass is 79.9. The van der Waals surface area contributed by atoms with Gasteiger partial charge in [-0.2, -0.15) is 0 Å². The molecule has 0 aromatic heterocycles. The minimum Gasteiger partial charge on any atom is -0.487 e. The Balaban J connectivity index is 2.39. The molecule has 1 aliphatic carbocycles. The van der Waals surface area contributed by atoms with Gasteiger partial charge in [0.2, 0.25) is 0 Å². The van der Waals surface area contributed by atoms with E-state index in [0.29, 0.717) is 0 Å². The Bertz CT molecular complexity index is 415. The van der Waals surface area contributed by atoms with E-state index in [-0.39, 0.29) is 21.9 Å². The first kappa shape index (κ1) is 10.4. The van der Waals surface area contributed by atoms with Gasteiger partial charge in [0.15, 0.2) is 11.6 Å². The van der Waals surface area contributed by atoms with Crippen LogP contribution in [0.2, 0.25) is 0 Å². The van der Waals surface area contributed by atoms with E-state index in [4.69, 9.17) is 9.84 Å². The molecular weight excluding hydrogens is 267 g/mol. The number of ether oxygens (including phenoxy) is 1. The lowest BCUT2D eigenvalue weighted by Crippen LogP contribution is -2.06. The molecule has 0 amide bonds. The zero-order valence-electron chi connectivity index (χ0n) is 7.67. The molecule has 0 aliphatic heterocycles. The van der Waals surface area contributed by atoms with Gasteiger partial charge in [-0.3, -0.25) is 0 Å². The van der Waals surface area contributed by atoms with Gasteiger partial charge in [0.1, 0.15) is 5.56 Å². The molecule has 80 valence electrons. The molecule has 0 spiro atoms. The topological polar surface area (TPSA) is 46.5 Å². The highest BCUT2D eigenvalue weighted by Crippen LogP contribution is 2.32. The van der Waals surface area contributed by atoms with Gasteiger partial charge < -0.3 is 9.84 Å². The van der Waals surface area contributed by atoms with Crippen molar-refractivity contribution in [3.8, 4) is 5.75 Å². The Hall–Kier alpha value is -1.10. The van der Waals surface area contributed by atoms with E-state index in [0.717, 1.165) is 12.8 Å². The fourth-order valence-electron chi connectivity index (χ4n) is 1.19. The average Bonchev–Trinajstić information content (AvgIpc) is 2.93. The van der Waals surface area contributed by atoms with Crippen molar-refractivity contribution in [2.45, 2.75) is 18.9 Å². The molecule has 1 aliphatic rings. The van der Waals surface area contributed by atoms with Crippen LogP contribution in [0.3, 0.4) is 0 Å². The normalized spacial score (nSPS) is 15.1. The van der Waals surface area contributed by atoms with Crippen LogP contribution in [0.5, 0.6) is 5.75 Å². The third-order valence-corrected chi connectivity index (χ3v) is 2.75. The van der Waals surface area contributed by atoms with Crippen molar-refractivity contribution in [3.05, 3.63) is 28.0 Å². The number of benzene rings is 1. The third-order valence-electron chi connectivity index (χ3n) is 2.09. The van der Waals surface area contributed by atoms with Gasteiger partial charge in [-0.05, 0) is 40.9 Å². The molecule has 0 atom stereocenters. The second kappa shape index (κ2) is 3.81. The maximum Gasteiger partial charge on any atom is 0.339 e. The zero-order chi connectivity index (χ0) is 11.0. The van der Waals surface area contributed by atoms with E-state index < -0.39 is 11.8 Å². The SMILES string of the molecule is O=C(O)c1c(Br)ccc(OC2CC2)c1F. The number of carboxylic acids is 1. The maximum atomic E-state index is 13.6. The second-order valence-corrected chi connectivity index (χ2v) is 4.21. The smallest absolute Gasteiger partial charge is 0.339 e. The molecule has 1 fully saturated rings. The van der Waals surface area contributed by atoms with E-state index in [1.165, 1.54) is 12.1 Å². The van der Waals surface area contributed by atoms with E-state index in [2.05, 4.69) is 15.9 Å². The first-order chi connectivity index (χ1) is 7.09. The first-order valence-electron chi connectivity index (χ1n) is 4.47. The van der Waals surface area contributed by atoms with Gasteiger partial charge in [0.25, 0.3) is 0 Å². The highest BCUT2D eigenvalue weighted by molar-refractivity contribution is 9.10. The standard InChI is InChI=1S/C10H8BrFO3/c11-6-3-4-7(15-5-1-2-5)9(12)8(6)10(13)14/h3-5H,1-2H2,(H,13,14). The fourth-order valence-corrected chi connectivity index (χ4v) is 1.66. The van der Waals surface area contributed by atoms with Gasteiger partial charge >= 0.3 is 5.97 Å². The zero-order valence-corrected chi connectivity index (χ0v) is 9.25. The van der Waals surface area contributed by atoms with Crippen LogP contribution >= 0.6 is 15.9 Å². The van der Waals surface area contributed by atoms with Gasteiger partial charge in [-0.25, -0.2) is 9.18 Å². The molecule has 0 radical (unpaired) electrons. The summed E-state index contributed by atoms with van der Waals surface area (Å²) >= 11 is 2.99. The van der Waals surface area contributed by atoms with Crippen molar-refractivity contribution < 1.29 is 19.0 Å². The summed E-state index contributed by atoms with van der Waals surface area (Å²) in [7, 11) is 0. The Kier molecular flexibility index (Phi) is 2.65. The van der Waals surface area contributed by atoms with Gasteiger partial charge in [0, 0.05) is 4.47 Å². The number of rotatable bonds is 3. The van der Waals surface area contributed by atoms with Gasteiger partial charge in [0.05, 0.1) is 6.10 Å². The second-order valence-electron chi connectivity index (χ2n) is 3.36. The van der Waals surface area contributed by atoms with Crippen LogP contribution in [-0.4, -0.2) is 17.2 Å². The quantitative estimate of drug-likeness (QED) is 0.922. The number of hydrogen-bond donors (Lipinski definition) is 1. The Morgan fingerprint density at radius 2 is 2.20 bits per heavy atom. The summed E-state index contributed by atoms with van der Waals surface area (Å²) in [5.41, 5.74) is -0.381. The Morgan fingerprint density at radius 3 is 2.73 bits per heavy atom. The van der Waals surface area contributed by atoms with E-state index in [1.54, 1.807) is 0 Å². The summed E-state index contributed by atoms with van der Waals surface area (Å²) in [6.07, 6.45) is 1.85. The molecule has 0 saturated heterocycles. The van der Waals surface area contributed by atoms with Gasteiger partial charge in [-0.15, -0.1) is 0 Å². The van der Waals surface area contributed by atoms with Crippen molar-refractivity contribution in [2.24, 2.45) is 0 Å². The molecular formula is C10H8BrFO3. The summed E-state index contributed by atoms with van der Waals surface area (Å²) in [5.74, 6) is -2.11. The van der Waals surface area contributed by atoms with Crippen LogP contribution in [0, 0.1) is 5.82 Å². The Morgan fingerprint density at radius 1 is 1.53 bits per heavy atom. The molecule has 2 rings (SSSR count). The average molecular weight is 275 g/mol. The molecule has 1 aromatic carbocycles. The van der Waals surface area contributed by atoms with Crippen molar-refractivity contribution >= 4 is 21.9 Å². The summed E-state index contributed by atoms with van der Waals surface area (Å²) < 4.78 is 19.1. The van der Waals surface area contributed by atoms with Crippen LogP contribution in [-0.2, 0) is 0 Å². The molecule has 3 nitrogen and oxygen atoms in total. The third kappa shape index (κ3) is 2.12. The number of carbonyl (C=O) groups is 1. The maximum absolute atomic E-state index is 13.6. The lowest BCUT2D eigenvalue weighted by Gasteiger charge is -2.08. The summed E-state index contributed by atoms with van der Waals surface area (Å²) in [6.45, 7) is 0. The minimum atomic E-state index is -1.30. The highest BCUT2D eigenvalue weighted by Gasteiger charge is 2.27. The lowest BCUT2D eigenvalue weighted by atomic mass is 10.2. The van der Waals surface area contributed by atoms with Crippen molar-refractivity contribution in [1.82, 2.24) is 0 Å². The summed E-state index contributed by atoms with van der Waals surface area (Å²) in [4.78, 5) is 10.8. The van der Waals surface area contributed by atoms with Crippen LogP contribution in [0.4, 0.5) is 4.39 Å². The molecule has 5 heteroatoms. The predicted molar refractivity (Wildman–Crippen MR) is 54.7 cm³/mol. The minimum absolute atomic E-state index is 0.0121. The first-order valence-corrected chi connectivity index (χ1v) is 5.27.